The van der Waals surface area contributed by atoms with Crippen LogP contribution in [0.15, 0.2) is 40.9 Å². The standard InChI is InChI=1S/C21H25BrO4/c1-25-20-12-9-16(13-18(20)22)7-10-17(23)6-4-3-5-15-8-11-19(24)21(14-15)26-2/h8-9,11-14,24H,3-7,10H2,1-2H3. The minimum Gasteiger partial charge on any atom is -0.504 e. The second-order valence-corrected chi connectivity index (χ2v) is 7.08. The van der Waals surface area contributed by atoms with Crippen LogP contribution in [0.1, 0.15) is 36.8 Å². The van der Waals surface area contributed by atoms with Gasteiger partial charge < -0.3 is 14.6 Å². The molecular weight excluding hydrogens is 396 g/mol. The normalized spacial score (nSPS) is 10.6. The van der Waals surface area contributed by atoms with Gasteiger partial charge in [0.25, 0.3) is 0 Å². The summed E-state index contributed by atoms with van der Waals surface area (Å²) in [5.41, 5.74) is 2.23. The molecule has 0 amide bonds. The van der Waals surface area contributed by atoms with Gasteiger partial charge in [-0.1, -0.05) is 12.1 Å². The molecule has 2 aromatic rings. The fraction of sp³-hybridized carbons (Fsp3) is 0.381. The van der Waals surface area contributed by atoms with E-state index >= 15 is 0 Å². The Hall–Kier alpha value is -2.01. The van der Waals surface area contributed by atoms with Gasteiger partial charge >= 0.3 is 0 Å². The Balaban J connectivity index is 1.70. The van der Waals surface area contributed by atoms with Gasteiger partial charge in [-0.05, 0) is 77.0 Å². The highest BCUT2D eigenvalue weighted by Crippen LogP contribution is 2.27. The molecule has 0 aliphatic carbocycles. The van der Waals surface area contributed by atoms with Gasteiger partial charge in [0, 0.05) is 12.8 Å². The maximum Gasteiger partial charge on any atom is 0.160 e. The van der Waals surface area contributed by atoms with Gasteiger partial charge in [-0.3, -0.25) is 4.79 Å². The first-order valence-electron chi connectivity index (χ1n) is 8.73. The molecule has 0 aliphatic heterocycles. The third-order valence-electron chi connectivity index (χ3n) is 4.32. The summed E-state index contributed by atoms with van der Waals surface area (Å²) in [6.45, 7) is 0. The lowest BCUT2D eigenvalue weighted by atomic mass is 10.0. The number of unbranched alkanes of at least 4 members (excludes halogenated alkanes) is 1. The molecule has 4 nitrogen and oxygen atoms in total. The summed E-state index contributed by atoms with van der Waals surface area (Å²) in [6.07, 6.45) is 4.59. The van der Waals surface area contributed by atoms with Crippen molar-refractivity contribution in [2.45, 2.75) is 38.5 Å². The molecule has 1 N–H and O–H groups in total. The van der Waals surface area contributed by atoms with Crippen LogP contribution in [0.2, 0.25) is 0 Å². The Labute approximate surface area is 163 Å². The van der Waals surface area contributed by atoms with Crippen molar-refractivity contribution in [3.63, 3.8) is 0 Å². The van der Waals surface area contributed by atoms with Crippen LogP contribution in [0.3, 0.4) is 0 Å². The first-order valence-corrected chi connectivity index (χ1v) is 9.52. The number of carbonyl (C=O) groups excluding carboxylic acids is 1. The number of phenols is 1. The lowest BCUT2D eigenvalue weighted by Gasteiger charge is -2.07. The molecule has 0 fully saturated rings. The summed E-state index contributed by atoms with van der Waals surface area (Å²) < 4.78 is 11.2. The van der Waals surface area contributed by atoms with Crippen molar-refractivity contribution in [1.29, 1.82) is 0 Å². The van der Waals surface area contributed by atoms with E-state index in [-0.39, 0.29) is 5.75 Å². The molecule has 0 aromatic heterocycles. The molecule has 0 bridgehead atoms. The van der Waals surface area contributed by atoms with Gasteiger partial charge in [0.1, 0.15) is 11.5 Å². The Morgan fingerprint density at radius 3 is 2.31 bits per heavy atom. The highest BCUT2D eigenvalue weighted by atomic mass is 79.9. The average Bonchev–Trinajstić information content (AvgIpc) is 2.64. The van der Waals surface area contributed by atoms with Gasteiger partial charge in [0.05, 0.1) is 18.7 Å². The number of rotatable bonds is 10. The Morgan fingerprint density at radius 1 is 0.923 bits per heavy atom. The molecule has 26 heavy (non-hydrogen) atoms. The molecule has 0 unspecified atom stereocenters. The van der Waals surface area contributed by atoms with Gasteiger partial charge in [0.2, 0.25) is 0 Å². The maximum atomic E-state index is 12.1. The number of phenolic OH excluding ortho intramolecular Hbond substituents is 1. The van der Waals surface area contributed by atoms with E-state index < -0.39 is 0 Å². The minimum absolute atomic E-state index is 0.150. The van der Waals surface area contributed by atoms with Crippen LogP contribution in [0.5, 0.6) is 17.2 Å². The summed E-state index contributed by atoms with van der Waals surface area (Å²) in [5.74, 6) is 1.73. The van der Waals surface area contributed by atoms with Gasteiger partial charge in [-0.2, -0.15) is 0 Å². The number of halogens is 1. The third kappa shape index (κ3) is 6.06. The van der Waals surface area contributed by atoms with Crippen molar-refractivity contribution in [3.05, 3.63) is 52.0 Å². The van der Waals surface area contributed by atoms with Crippen LogP contribution >= 0.6 is 15.9 Å². The summed E-state index contributed by atoms with van der Waals surface area (Å²) in [4.78, 5) is 12.1. The average molecular weight is 421 g/mol. The van der Waals surface area contributed by atoms with E-state index in [9.17, 15) is 9.90 Å². The van der Waals surface area contributed by atoms with Crippen molar-refractivity contribution < 1.29 is 19.4 Å². The molecule has 5 heteroatoms. The largest absolute Gasteiger partial charge is 0.504 e. The predicted octanol–water partition coefficient (Wildman–Crippen LogP) is 5.09. The second kappa shape index (κ2) is 10.2. The highest BCUT2D eigenvalue weighted by Gasteiger charge is 2.07. The van der Waals surface area contributed by atoms with E-state index in [0.717, 1.165) is 47.0 Å². The fourth-order valence-corrected chi connectivity index (χ4v) is 3.39. The zero-order valence-corrected chi connectivity index (χ0v) is 16.8. The van der Waals surface area contributed by atoms with Crippen LogP contribution in [-0.2, 0) is 17.6 Å². The van der Waals surface area contributed by atoms with E-state index in [0.29, 0.717) is 24.4 Å². The quantitative estimate of drug-likeness (QED) is 0.544. The minimum atomic E-state index is 0.150. The first kappa shape index (κ1) is 20.3. The van der Waals surface area contributed by atoms with Crippen molar-refractivity contribution in [3.8, 4) is 17.2 Å². The van der Waals surface area contributed by atoms with E-state index in [2.05, 4.69) is 15.9 Å². The second-order valence-electron chi connectivity index (χ2n) is 6.22. The van der Waals surface area contributed by atoms with Crippen molar-refractivity contribution in [2.24, 2.45) is 0 Å². The lowest BCUT2D eigenvalue weighted by molar-refractivity contribution is -0.119. The first-order chi connectivity index (χ1) is 12.5. The van der Waals surface area contributed by atoms with Crippen molar-refractivity contribution in [2.75, 3.05) is 14.2 Å². The monoisotopic (exact) mass is 420 g/mol. The number of benzene rings is 2. The van der Waals surface area contributed by atoms with Crippen LogP contribution in [0.4, 0.5) is 0 Å². The summed E-state index contributed by atoms with van der Waals surface area (Å²) in [6, 6.07) is 11.3. The molecule has 0 radical (unpaired) electrons. The van der Waals surface area contributed by atoms with Crippen LogP contribution in [-0.4, -0.2) is 25.1 Å². The number of carbonyl (C=O) groups is 1. The smallest absolute Gasteiger partial charge is 0.160 e. The molecule has 0 atom stereocenters. The van der Waals surface area contributed by atoms with E-state index in [1.165, 1.54) is 0 Å². The maximum absolute atomic E-state index is 12.1. The van der Waals surface area contributed by atoms with Gasteiger partial charge in [-0.25, -0.2) is 0 Å². The molecule has 0 saturated heterocycles. The molecule has 0 aliphatic rings. The number of aryl methyl sites for hydroxylation is 2. The van der Waals surface area contributed by atoms with Crippen LogP contribution < -0.4 is 9.47 Å². The van der Waals surface area contributed by atoms with Crippen LogP contribution in [0, 0.1) is 0 Å². The molecule has 2 aromatic carbocycles. The topological polar surface area (TPSA) is 55.8 Å². The fourth-order valence-electron chi connectivity index (χ4n) is 2.80. The Kier molecular flexibility index (Phi) is 7.98. The number of hydrogen-bond acceptors (Lipinski definition) is 4. The number of hydrogen-bond donors (Lipinski definition) is 1. The number of aromatic hydroxyl groups is 1. The van der Waals surface area contributed by atoms with E-state index in [4.69, 9.17) is 9.47 Å². The molecule has 0 spiro atoms. The van der Waals surface area contributed by atoms with Crippen molar-refractivity contribution in [1.82, 2.24) is 0 Å². The predicted molar refractivity (Wildman–Crippen MR) is 106 cm³/mol. The zero-order chi connectivity index (χ0) is 18.9. The van der Waals surface area contributed by atoms with Gasteiger partial charge in [0.15, 0.2) is 11.5 Å². The molecule has 0 saturated carbocycles. The number of Topliss-reactive ketones (excluding diaryl/α,β-unsaturated/α-hetero) is 1. The molecule has 0 heterocycles. The summed E-state index contributed by atoms with van der Waals surface area (Å²) >= 11 is 3.47. The Bertz CT molecular complexity index is 743. The van der Waals surface area contributed by atoms with Gasteiger partial charge in [-0.15, -0.1) is 0 Å². The van der Waals surface area contributed by atoms with Crippen molar-refractivity contribution >= 4 is 21.7 Å². The van der Waals surface area contributed by atoms with E-state index in [1.807, 2.05) is 30.3 Å². The molecular formula is C21H25BrO4. The lowest BCUT2D eigenvalue weighted by Crippen LogP contribution is -2.01. The van der Waals surface area contributed by atoms with E-state index in [1.54, 1.807) is 20.3 Å². The highest BCUT2D eigenvalue weighted by molar-refractivity contribution is 9.10. The SMILES string of the molecule is COc1cc(CCCCC(=O)CCc2ccc(OC)c(Br)c2)ccc1O. The van der Waals surface area contributed by atoms with Crippen LogP contribution in [0.25, 0.3) is 0 Å². The number of ether oxygens (including phenoxy) is 2. The number of methoxy groups -OCH3 is 2. The Morgan fingerprint density at radius 2 is 1.62 bits per heavy atom. The molecule has 2 rings (SSSR count). The summed E-state index contributed by atoms with van der Waals surface area (Å²) in [5, 5.41) is 9.60. The summed E-state index contributed by atoms with van der Waals surface area (Å²) in [7, 11) is 3.18. The zero-order valence-electron chi connectivity index (χ0n) is 15.3. The number of ketones is 1. The molecule has 140 valence electrons. The third-order valence-corrected chi connectivity index (χ3v) is 4.94.